The highest BCUT2D eigenvalue weighted by molar-refractivity contribution is 5.87. The summed E-state index contributed by atoms with van der Waals surface area (Å²) in [4.78, 5) is 9.16. The molecule has 0 fully saturated rings. The number of aromatic hydroxyl groups is 2. The van der Waals surface area contributed by atoms with Crippen molar-refractivity contribution in [3.8, 4) is 11.5 Å². The van der Waals surface area contributed by atoms with Gasteiger partial charge in [0.05, 0.1) is 11.4 Å². The first-order valence-corrected chi connectivity index (χ1v) is 11.7. The fraction of sp³-hybridized carbons (Fsp3) is 0.161. The molecule has 0 aromatic heterocycles. The Labute approximate surface area is 207 Å². The fourth-order valence-corrected chi connectivity index (χ4v) is 3.92. The first-order valence-electron chi connectivity index (χ1n) is 11.7. The lowest BCUT2D eigenvalue weighted by molar-refractivity contribution is 0.446. The van der Waals surface area contributed by atoms with Crippen LogP contribution >= 0.6 is 0 Å². The van der Waals surface area contributed by atoms with E-state index in [1.165, 1.54) is 0 Å². The average molecular weight is 463 g/mol. The molecule has 0 aliphatic heterocycles. The number of phenolic OH excluding ortho intramolecular Hbond substituents is 2. The fourth-order valence-electron chi connectivity index (χ4n) is 3.92. The van der Waals surface area contributed by atoms with E-state index in [1.54, 1.807) is 12.4 Å². The van der Waals surface area contributed by atoms with Gasteiger partial charge in [-0.25, -0.2) is 0 Å². The minimum absolute atomic E-state index is 0.168. The molecule has 0 unspecified atom stereocenters. The Bertz CT molecular complexity index is 1370. The molecule has 0 amide bonds. The van der Waals surface area contributed by atoms with Crippen molar-refractivity contribution >= 4 is 23.8 Å². The Morgan fingerprint density at radius 2 is 1.23 bits per heavy atom. The minimum atomic E-state index is -0.168. The Morgan fingerprint density at radius 3 is 1.97 bits per heavy atom. The van der Waals surface area contributed by atoms with Gasteiger partial charge in [0.1, 0.15) is 11.5 Å². The third kappa shape index (κ3) is 5.85. The maximum Gasteiger partial charge on any atom is 0.128 e. The van der Waals surface area contributed by atoms with Crippen LogP contribution in [0.2, 0.25) is 0 Å². The van der Waals surface area contributed by atoms with Crippen LogP contribution in [0.5, 0.6) is 11.5 Å². The molecule has 4 heteroatoms. The second kappa shape index (κ2) is 10.4. The van der Waals surface area contributed by atoms with Gasteiger partial charge in [0.2, 0.25) is 0 Å². The van der Waals surface area contributed by atoms with E-state index < -0.39 is 0 Å². The van der Waals surface area contributed by atoms with Crippen LogP contribution in [0.15, 0.2) is 101 Å². The Hall–Kier alpha value is -4.18. The van der Waals surface area contributed by atoms with Crippen LogP contribution in [-0.4, -0.2) is 22.6 Å². The molecule has 0 bridgehead atoms. The second-order valence-corrected chi connectivity index (χ2v) is 9.51. The molecular formula is C31H30N2O2. The quantitative estimate of drug-likeness (QED) is 0.292. The summed E-state index contributed by atoms with van der Waals surface area (Å²) in [7, 11) is 0. The van der Waals surface area contributed by atoms with Crippen LogP contribution in [0.25, 0.3) is 0 Å². The van der Waals surface area contributed by atoms with Gasteiger partial charge in [-0.05, 0) is 52.4 Å². The molecule has 2 N–H and O–H groups in total. The zero-order chi connectivity index (χ0) is 24.8. The van der Waals surface area contributed by atoms with Crippen molar-refractivity contribution in [1.29, 1.82) is 0 Å². The van der Waals surface area contributed by atoms with E-state index in [1.807, 2.05) is 91.0 Å². The molecule has 0 aliphatic rings. The number of hydrogen-bond acceptors (Lipinski definition) is 4. The van der Waals surface area contributed by atoms with Crippen molar-refractivity contribution in [1.82, 2.24) is 0 Å². The highest BCUT2D eigenvalue weighted by Crippen LogP contribution is 2.33. The van der Waals surface area contributed by atoms with Crippen LogP contribution in [-0.2, 0) is 11.8 Å². The smallest absolute Gasteiger partial charge is 0.128 e. The van der Waals surface area contributed by atoms with Gasteiger partial charge in [0, 0.05) is 30.0 Å². The first-order chi connectivity index (χ1) is 16.8. The molecule has 0 spiro atoms. The van der Waals surface area contributed by atoms with E-state index in [0.29, 0.717) is 17.5 Å². The van der Waals surface area contributed by atoms with E-state index in [-0.39, 0.29) is 16.9 Å². The lowest BCUT2D eigenvalue weighted by Gasteiger charge is -2.21. The molecule has 0 saturated heterocycles. The normalized spacial score (nSPS) is 12.0. The number of hydrogen-bond donors (Lipinski definition) is 2. The lowest BCUT2D eigenvalue weighted by Crippen LogP contribution is -2.11. The highest BCUT2D eigenvalue weighted by atomic mass is 16.3. The van der Waals surface area contributed by atoms with Crippen molar-refractivity contribution < 1.29 is 10.2 Å². The highest BCUT2D eigenvalue weighted by Gasteiger charge is 2.19. The maximum atomic E-state index is 10.9. The first kappa shape index (κ1) is 24.0. The van der Waals surface area contributed by atoms with Gasteiger partial charge in [0.25, 0.3) is 0 Å². The van der Waals surface area contributed by atoms with Gasteiger partial charge in [-0.3, -0.25) is 9.98 Å². The number of phenols is 2. The van der Waals surface area contributed by atoms with Crippen LogP contribution in [0.3, 0.4) is 0 Å². The predicted molar refractivity (Wildman–Crippen MR) is 145 cm³/mol. The Balaban J connectivity index is 1.60. The predicted octanol–water partition coefficient (Wildman–Crippen LogP) is 7.49. The molecule has 176 valence electrons. The van der Waals surface area contributed by atoms with Gasteiger partial charge >= 0.3 is 0 Å². The molecule has 4 rings (SSSR count). The molecule has 0 aliphatic carbocycles. The molecule has 0 radical (unpaired) electrons. The number of benzene rings is 4. The van der Waals surface area contributed by atoms with Gasteiger partial charge < -0.3 is 10.2 Å². The summed E-state index contributed by atoms with van der Waals surface area (Å²) in [6.07, 6.45) is 3.90. The topological polar surface area (TPSA) is 65.2 Å². The Morgan fingerprint density at radius 1 is 0.629 bits per heavy atom. The van der Waals surface area contributed by atoms with Crippen LogP contribution in [0.1, 0.15) is 48.6 Å². The SMILES string of the molecule is CC(C)(C)c1cccc(C=Nc2ccccc2Cc2cccc(C=Nc3ccccc3)c2O)c1O. The number of aliphatic imine (C=N–C) groups is 2. The lowest BCUT2D eigenvalue weighted by atomic mass is 9.85. The Kier molecular flexibility index (Phi) is 7.11. The summed E-state index contributed by atoms with van der Waals surface area (Å²) in [5.74, 6) is 0.464. The third-order valence-corrected chi connectivity index (χ3v) is 5.85. The summed E-state index contributed by atoms with van der Waals surface area (Å²) in [5.41, 5.74) is 5.44. The molecule has 4 nitrogen and oxygen atoms in total. The standard InChI is InChI=1S/C31H30N2O2/c1-31(2,3)27-17-10-14-25(30(27)35)21-33-28-18-8-7-11-22(28)19-23-12-9-13-24(29(23)34)20-32-26-15-5-4-6-16-26/h4-18,20-21,34-35H,19H2,1-3H3. The second-order valence-electron chi connectivity index (χ2n) is 9.51. The summed E-state index contributed by atoms with van der Waals surface area (Å²) in [6, 6.07) is 28.9. The van der Waals surface area contributed by atoms with E-state index in [9.17, 15) is 10.2 Å². The van der Waals surface area contributed by atoms with Gasteiger partial charge in [-0.15, -0.1) is 0 Å². The van der Waals surface area contributed by atoms with Crippen molar-refractivity contribution in [2.24, 2.45) is 9.98 Å². The zero-order valence-corrected chi connectivity index (χ0v) is 20.3. The largest absolute Gasteiger partial charge is 0.507 e. The summed E-state index contributed by atoms with van der Waals surface area (Å²) in [5, 5.41) is 21.7. The van der Waals surface area contributed by atoms with E-state index >= 15 is 0 Å². The monoisotopic (exact) mass is 462 g/mol. The third-order valence-electron chi connectivity index (χ3n) is 5.85. The maximum absolute atomic E-state index is 10.9. The molecule has 4 aromatic rings. The molecule has 35 heavy (non-hydrogen) atoms. The molecule has 0 heterocycles. The van der Waals surface area contributed by atoms with Crippen molar-refractivity contribution in [3.63, 3.8) is 0 Å². The molecular weight excluding hydrogens is 432 g/mol. The molecule has 0 atom stereocenters. The zero-order valence-electron chi connectivity index (χ0n) is 20.3. The van der Waals surface area contributed by atoms with Crippen molar-refractivity contribution in [2.45, 2.75) is 32.6 Å². The number of para-hydroxylation sites is 4. The minimum Gasteiger partial charge on any atom is -0.507 e. The molecule has 0 saturated carbocycles. The molecule has 4 aromatic carbocycles. The van der Waals surface area contributed by atoms with Crippen LogP contribution < -0.4 is 0 Å². The summed E-state index contributed by atoms with van der Waals surface area (Å²) in [6.45, 7) is 6.22. The van der Waals surface area contributed by atoms with E-state index in [2.05, 4.69) is 25.8 Å². The average Bonchev–Trinajstić information content (AvgIpc) is 2.84. The van der Waals surface area contributed by atoms with Gasteiger partial charge in [-0.1, -0.05) is 81.4 Å². The van der Waals surface area contributed by atoms with Crippen LogP contribution in [0, 0.1) is 0 Å². The van der Waals surface area contributed by atoms with Gasteiger partial charge in [0.15, 0.2) is 0 Å². The summed E-state index contributed by atoms with van der Waals surface area (Å²) >= 11 is 0. The van der Waals surface area contributed by atoms with Crippen LogP contribution in [0.4, 0.5) is 11.4 Å². The van der Waals surface area contributed by atoms with E-state index in [4.69, 9.17) is 4.99 Å². The van der Waals surface area contributed by atoms with E-state index in [0.717, 1.165) is 28.1 Å². The van der Waals surface area contributed by atoms with Crippen molar-refractivity contribution in [3.05, 3.63) is 119 Å². The van der Waals surface area contributed by atoms with Gasteiger partial charge in [-0.2, -0.15) is 0 Å². The number of nitrogens with zero attached hydrogens (tertiary/aromatic N) is 2. The number of rotatable bonds is 6. The van der Waals surface area contributed by atoms with Crippen molar-refractivity contribution in [2.75, 3.05) is 0 Å². The summed E-state index contributed by atoms with van der Waals surface area (Å²) < 4.78 is 0.